The Hall–Kier alpha value is -1.97. The van der Waals surface area contributed by atoms with Gasteiger partial charge in [-0.15, -0.1) is 0 Å². The fraction of sp³-hybridized carbons (Fsp3) is 0.167. The third kappa shape index (κ3) is 2.16. The third-order valence-corrected chi connectivity index (χ3v) is 2.34. The van der Waals surface area contributed by atoms with Crippen molar-refractivity contribution in [2.75, 3.05) is 0 Å². The summed E-state index contributed by atoms with van der Waals surface area (Å²) in [6, 6.07) is 10.6. The van der Waals surface area contributed by atoms with Crippen LogP contribution in [0.2, 0.25) is 0 Å². The topological polar surface area (TPSA) is 39.8 Å². The lowest BCUT2D eigenvalue weighted by molar-refractivity contribution is -0.624. The van der Waals surface area contributed by atoms with E-state index >= 15 is 0 Å². The van der Waals surface area contributed by atoms with E-state index in [2.05, 4.69) is 4.98 Å². The molecule has 1 heterocycles. The van der Waals surface area contributed by atoms with Gasteiger partial charge >= 0.3 is 11.8 Å². The molecule has 0 unspecified atom stereocenters. The molecule has 0 spiro atoms. The van der Waals surface area contributed by atoms with Crippen molar-refractivity contribution < 1.29 is 9.12 Å². The first kappa shape index (κ1) is 10.5. The van der Waals surface area contributed by atoms with Crippen LogP contribution < -0.4 is 4.73 Å². The fourth-order valence-corrected chi connectivity index (χ4v) is 1.56. The molecule has 3 nitrogen and oxygen atoms in total. The Kier molecular flexibility index (Phi) is 2.81. The Labute approximate surface area is 92.8 Å². The molecular weight excluding hydrogens is 207 g/mol. The van der Waals surface area contributed by atoms with E-state index in [4.69, 9.17) is 0 Å². The van der Waals surface area contributed by atoms with Crippen LogP contribution in [-0.2, 0) is 6.42 Å². The molecule has 0 N–H and O–H groups in total. The normalized spacial score (nSPS) is 10.4. The summed E-state index contributed by atoms with van der Waals surface area (Å²) >= 11 is 0. The number of aromatic nitrogens is 2. The fourth-order valence-electron chi connectivity index (χ4n) is 1.56. The second-order valence-corrected chi connectivity index (χ2v) is 3.57. The van der Waals surface area contributed by atoms with Gasteiger partial charge < -0.3 is 5.21 Å². The highest BCUT2D eigenvalue weighted by atomic mass is 19.1. The number of nitrogens with zero attached hydrogens (tertiary/aromatic N) is 2. The number of hydrogen-bond acceptors (Lipinski definition) is 2. The van der Waals surface area contributed by atoms with Crippen molar-refractivity contribution in [3.8, 4) is 0 Å². The average Bonchev–Trinajstić information content (AvgIpc) is 2.27. The van der Waals surface area contributed by atoms with Gasteiger partial charge in [0.05, 0.1) is 6.07 Å². The molecule has 4 heteroatoms. The van der Waals surface area contributed by atoms with E-state index in [1.807, 2.05) is 30.3 Å². The smallest absolute Gasteiger partial charge is 0.325 e. The highest BCUT2D eigenvalue weighted by Gasteiger charge is 2.12. The average molecular weight is 218 g/mol. The molecule has 82 valence electrons. The molecule has 1 aromatic heterocycles. The molecule has 2 rings (SSSR count). The van der Waals surface area contributed by atoms with Gasteiger partial charge in [0.1, 0.15) is 5.69 Å². The predicted octanol–water partition coefficient (Wildman–Crippen LogP) is 1.75. The largest absolute Gasteiger partial charge is 0.711 e. The van der Waals surface area contributed by atoms with Crippen molar-refractivity contribution in [3.63, 3.8) is 0 Å². The minimum atomic E-state index is -0.615. The van der Waals surface area contributed by atoms with Gasteiger partial charge in [-0.1, -0.05) is 30.3 Å². The van der Waals surface area contributed by atoms with Gasteiger partial charge in [-0.2, -0.15) is 4.39 Å². The van der Waals surface area contributed by atoms with Gasteiger partial charge in [0.2, 0.25) is 0 Å². The van der Waals surface area contributed by atoms with Crippen molar-refractivity contribution in [1.82, 2.24) is 4.98 Å². The first-order valence-electron chi connectivity index (χ1n) is 4.96. The van der Waals surface area contributed by atoms with Gasteiger partial charge in [-0.3, -0.25) is 0 Å². The second-order valence-electron chi connectivity index (χ2n) is 3.57. The van der Waals surface area contributed by atoms with Gasteiger partial charge in [0.15, 0.2) is 0 Å². The lowest BCUT2D eigenvalue weighted by Gasteiger charge is -2.09. The maximum atomic E-state index is 13.0. The number of rotatable bonds is 2. The Morgan fingerprint density at radius 1 is 1.31 bits per heavy atom. The Morgan fingerprint density at radius 2 is 2.00 bits per heavy atom. The molecule has 0 saturated heterocycles. The number of hydrogen-bond donors (Lipinski definition) is 0. The second kappa shape index (κ2) is 4.26. The minimum Gasteiger partial charge on any atom is -0.711 e. The van der Waals surface area contributed by atoms with Gasteiger partial charge in [0.25, 0.3) is 0 Å². The lowest BCUT2D eigenvalue weighted by Crippen LogP contribution is -2.37. The summed E-state index contributed by atoms with van der Waals surface area (Å²) in [5, 5.41) is 11.6. The minimum absolute atomic E-state index is 0.130. The van der Waals surface area contributed by atoms with Crippen LogP contribution >= 0.6 is 0 Å². The van der Waals surface area contributed by atoms with E-state index in [0.29, 0.717) is 16.8 Å². The highest BCUT2D eigenvalue weighted by molar-refractivity contribution is 5.19. The van der Waals surface area contributed by atoms with Crippen LogP contribution in [0.4, 0.5) is 4.39 Å². The molecular formula is C12H11FN2O. The summed E-state index contributed by atoms with van der Waals surface area (Å²) in [6.07, 6.45) is 0.407. The quantitative estimate of drug-likeness (QED) is 0.437. The lowest BCUT2D eigenvalue weighted by atomic mass is 10.1. The third-order valence-electron chi connectivity index (χ3n) is 2.34. The van der Waals surface area contributed by atoms with E-state index in [9.17, 15) is 9.60 Å². The van der Waals surface area contributed by atoms with Crippen LogP contribution in [0.1, 0.15) is 17.1 Å². The summed E-state index contributed by atoms with van der Waals surface area (Å²) in [4.78, 5) is 3.46. The molecule has 0 aliphatic heterocycles. The molecule has 1 aromatic carbocycles. The van der Waals surface area contributed by atoms with Crippen LogP contribution in [0.25, 0.3) is 0 Å². The SMILES string of the molecule is Cc1nc(F)cc(Cc2ccccc2)[n+]1[O-]. The summed E-state index contributed by atoms with van der Waals surface area (Å²) < 4.78 is 13.7. The number of aryl methyl sites for hydroxylation is 1. The Balaban J connectivity index is 2.35. The number of halogens is 1. The molecule has 0 fully saturated rings. The van der Waals surface area contributed by atoms with Crippen LogP contribution in [-0.4, -0.2) is 4.98 Å². The van der Waals surface area contributed by atoms with Crippen LogP contribution in [0.15, 0.2) is 36.4 Å². The predicted molar refractivity (Wildman–Crippen MR) is 57.1 cm³/mol. The molecule has 0 radical (unpaired) electrons. The summed E-state index contributed by atoms with van der Waals surface area (Å²) in [7, 11) is 0. The van der Waals surface area contributed by atoms with Crippen LogP contribution in [0.3, 0.4) is 0 Å². The molecule has 0 aliphatic rings. The van der Waals surface area contributed by atoms with Crippen molar-refractivity contribution in [2.45, 2.75) is 13.3 Å². The summed E-state index contributed by atoms with van der Waals surface area (Å²) in [5.74, 6) is -0.485. The van der Waals surface area contributed by atoms with Crippen LogP contribution in [0.5, 0.6) is 0 Å². The maximum absolute atomic E-state index is 13.0. The summed E-state index contributed by atoms with van der Waals surface area (Å²) in [5.41, 5.74) is 1.34. The van der Waals surface area contributed by atoms with E-state index < -0.39 is 5.95 Å². The molecule has 0 bridgehead atoms. The van der Waals surface area contributed by atoms with E-state index in [0.717, 1.165) is 5.56 Å². The standard InChI is InChI=1S/C12H11FN2O/c1-9-14-12(13)8-11(15(9)16)7-10-5-3-2-4-6-10/h2-6,8H,7H2,1H3. The zero-order chi connectivity index (χ0) is 11.5. The first-order chi connectivity index (χ1) is 7.66. The van der Waals surface area contributed by atoms with Gasteiger partial charge in [0, 0.05) is 13.3 Å². The van der Waals surface area contributed by atoms with Crippen molar-refractivity contribution >= 4 is 0 Å². The Morgan fingerprint density at radius 3 is 2.69 bits per heavy atom. The maximum Gasteiger partial charge on any atom is 0.325 e. The molecule has 0 amide bonds. The molecule has 0 aliphatic carbocycles. The molecule has 0 saturated carbocycles. The molecule has 2 aromatic rings. The highest BCUT2D eigenvalue weighted by Crippen LogP contribution is 2.06. The van der Waals surface area contributed by atoms with Crippen molar-refractivity contribution in [3.05, 3.63) is 64.6 Å². The van der Waals surface area contributed by atoms with Crippen molar-refractivity contribution in [1.29, 1.82) is 0 Å². The Bertz CT molecular complexity index is 500. The monoisotopic (exact) mass is 218 g/mol. The molecule has 0 atom stereocenters. The summed E-state index contributed by atoms with van der Waals surface area (Å²) in [6.45, 7) is 1.49. The van der Waals surface area contributed by atoms with Crippen molar-refractivity contribution in [2.24, 2.45) is 0 Å². The zero-order valence-electron chi connectivity index (χ0n) is 8.85. The van der Waals surface area contributed by atoms with Crippen LogP contribution in [0, 0.1) is 18.1 Å². The van der Waals surface area contributed by atoms with Gasteiger partial charge in [-0.05, 0) is 10.5 Å². The molecule has 16 heavy (non-hydrogen) atoms. The van der Waals surface area contributed by atoms with E-state index in [1.165, 1.54) is 13.0 Å². The first-order valence-corrected chi connectivity index (χ1v) is 4.96. The zero-order valence-corrected chi connectivity index (χ0v) is 8.85. The van der Waals surface area contributed by atoms with E-state index in [1.54, 1.807) is 0 Å². The number of benzene rings is 1. The van der Waals surface area contributed by atoms with E-state index in [-0.39, 0.29) is 5.82 Å². The van der Waals surface area contributed by atoms with Gasteiger partial charge in [-0.25, -0.2) is 4.73 Å².